The van der Waals surface area contributed by atoms with E-state index in [0.29, 0.717) is 18.1 Å². The van der Waals surface area contributed by atoms with Gasteiger partial charge in [-0.05, 0) is 32.4 Å². The first-order chi connectivity index (χ1) is 8.09. The minimum absolute atomic E-state index is 0.389. The van der Waals surface area contributed by atoms with Gasteiger partial charge in [-0.3, -0.25) is 0 Å². The third-order valence-electron chi connectivity index (χ3n) is 2.21. The number of aryl methyl sites for hydroxylation is 1. The fourth-order valence-corrected chi connectivity index (χ4v) is 2.66. The molecule has 0 spiro atoms. The molecule has 0 unspecified atom stereocenters. The van der Waals surface area contributed by atoms with Gasteiger partial charge in [0.05, 0.1) is 11.9 Å². The smallest absolute Gasteiger partial charge is 0.209 e. The predicted molar refractivity (Wildman–Crippen MR) is 73.9 cm³/mol. The summed E-state index contributed by atoms with van der Waals surface area (Å²) in [5.41, 5.74) is 6.72. The highest BCUT2D eigenvalue weighted by Crippen LogP contribution is 2.17. The van der Waals surface area contributed by atoms with Gasteiger partial charge in [-0.15, -0.1) is 0 Å². The zero-order valence-corrected chi connectivity index (χ0v) is 11.9. The maximum absolute atomic E-state index is 11.2. The van der Waals surface area contributed by atoms with Crippen molar-refractivity contribution >= 4 is 21.5 Å². The molecule has 7 heteroatoms. The van der Waals surface area contributed by atoms with Gasteiger partial charge in [-0.25, -0.2) is 18.1 Å². The molecule has 1 aromatic heterocycles. The van der Waals surface area contributed by atoms with Gasteiger partial charge in [0.25, 0.3) is 0 Å². The highest BCUT2D eigenvalue weighted by molar-refractivity contribution is 7.88. The van der Waals surface area contributed by atoms with Crippen molar-refractivity contribution in [1.82, 2.24) is 9.71 Å². The average Bonchev–Trinajstić information content (AvgIpc) is 2.12. The molecule has 0 bridgehead atoms. The summed E-state index contributed by atoms with van der Waals surface area (Å²) in [5.74, 6) is 0.559. The van der Waals surface area contributed by atoms with Crippen molar-refractivity contribution < 1.29 is 8.42 Å². The quantitative estimate of drug-likeness (QED) is 0.733. The van der Waals surface area contributed by atoms with Gasteiger partial charge in [-0.2, -0.15) is 0 Å². The van der Waals surface area contributed by atoms with Crippen molar-refractivity contribution in [3.05, 3.63) is 17.8 Å². The molecule has 4 N–H and O–H groups in total. The van der Waals surface area contributed by atoms with E-state index in [4.69, 9.17) is 5.73 Å². The average molecular weight is 272 g/mol. The Kier molecular flexibility index (Phi) is 4.18. The lowest BCUT2D eigenvalue weighted by Gasteiger charge is -2.25. The summed E-state index contributed by atoms with van der Waals surface area (Å²) < 4.78 is 24.9. The predicted octanol–water partition coefficient (Wildman–Crippen LogP) is 0.712. The van der Waals surface area contributed by atoms with Crippen LogP contribution >= 0.6 is 0 Å². The van der Waals surface area contributed by atoms with Crippen molar-refractivity contribution in [2.45, 2.75) is 26.3 Å². The maximum atomic E-state index is 11.2. The van der Waals surface area contributed by atoms with Gasteiger partial charge in [0, 0.05) is 18.3 Å². The summed E-state index contributed by atoms with van der Waals surface area (Å²) >= 11 is 0. The Labute approximate surface area is 108 Å². The molecule has 0 radical (unpaired) electrons. The first-order valence-corrected chi connectivity index (χ1v) is 7.43. The Morgan fingerprint density at radius 1 is 1.44 bits per heavy atom. The van der Waals surface area contributed by atoms with Crippen LogP contribution in [-0.2, 0) is 10.0 Å². The second-order valence-corrected chi connectivity index (χ2v) is 6.81. The molecular formula is C11H20N4O2S. The topological polar surface area (TPSA) is 97.1 Å². The van der Waals surface area contributed by atoms with E-state index < -0.39 is 15.6 Å². The van der Waals surface area contributed by atoms with Gasteiger partial charge < -0.3 is 11.1 Å². The number of anilines is 2. The number of sulfonamides is 1. The summed E-state index contributed by atoms with van der Waals surface area (Å²) in [5, 5.41) is 3.04. The zero-order valence-electron chi connectivity index (χ0n) is 11.1. The van der Waals surface area contributed by atoms with Crippen molar-refractivity contribution in [2.24, 2.45) is 0 Å². The molecule has 1 aromatic rings. The standard InChI is InChI=1S/C11H20N4O2S/c1-8-5-9(12)10(13-6-8)14-7-11(2,3)15-18(4,16)17/h5-6,15H,7,12H2,1-4H3,(H,13,14). The van der Waals surface area contributed by atoms with Crippen molar-refractivity contribution in [2.75, 3.05) is 23.9 Å². The molecular weight excluding hydrogens is 252 g/mol. The fraction of sp³-hybridized carbons (Fsp3) is 0.545. The Morgan fingerprint density at radius 2 is 2.06 bits per heavy atom. The highest BCUT2D eigenvalue weighted by Gasteiger charge is 2.22. The van der Waals surface area contributed by atoms with Crippen LogP contribution in [0, 0.1) is 6.92 Å². The lowest BCUT2D eigenvalue weighted by Crippen LogP contribution is -2.47. The molecule has 0 fully saturated rings. The molecule has 18 heavy (non-hydrogen) atoms. The minimum atomic E-state index is -3.24. The summed E-state index contributed by atoms with van der Waals surface area (Å²) in [6, 6.07) is 1.81. The lowest BCUT2D eigenvalue weighted by molar-refractivity contribution is 0.476. The van der Waals surface area contributed by atoms with E-state index in [0.717, 1.165) is 11.8 Å². The molecule has 0 aromatic carbocycles. The SMILES string of the molecule is Cc1cnc(NCC(C)(C)NS(C)(=O)=O)c(N)c1. The van der Waals surface area contributed by atoms with Gasteiger partial charge in [-0.1, -0.05) is 0 Å². The number of hydrogen-bond donors (Lipinski definition) is 3. The molecule has 0 amide bonds. The van der Waals surface area contributed by atoms with Crippen LogP contribution in [0.1, 0.15) is 19.4 Å². The Hall–Kier alpha value is -1.34. The first-order valence-electron chi connectivity index (χ1n) is 5.54. The van der Waals surface area contributed by atoms with Crippen LogP contribution in [0.25, 0.3) is 0 Å². The maximum Gasteiger partial charge on any atom is 0.209 e. The minimum Gasteiger partial charge on any atom is -0.396 e. The van der Waals surface area contributed by atoms with E-state index >= 15 is 0 Å². The molecule has 0 aliphatic carbocycles. The number of hydrogen-bond acceptors (Lipinski definition) is 5. The molecule has 1 rings (SSSR count). The zero-order chi connectivity index (χ0) is 14.0. The summed E-state index contributed by atoms with van der Waals surface area (Å²) in [6.07, 6.45) is 2.84. The van der Waals surface area contributed by atoms with Crippen LogP contribution in [0.5, 0.6) is 0 Å². The fourth-order valence-electron chi connectivity index (χ4n) is 1.58. The Bertz CT molecular complexity index is 526. The summed E-state index contributed by atoms with van der Waals surface area (Å²) in [6.45, 7) is 5.86. The number of aromatic nitrogens is 1. The van der Waals surface area contributed by atoms with E-state index in [1.807, 2.05) is 13.0 Å². The van der Waals surface area contributed by atoms with E-state index in [1.54, 1.807) is 20.0 Å². The van der Waals surface area contributed by atoms with Crippen molar-refractivity contribution in [3.8, 4) is 0 Å². The van der Waals surface area contributed by atoms with Gasteiger partial charge in [0.1, 0.15) is 5.82 Å². The van der Waals surface area contributed by atoms with Crippen LogP contribution in [0.15, 0.2) is 12.3 Å². The number of pyridine rings is 1. The van der Waals surface area contributed by atoms with Crippen LogP contribution in [-0.4, -0.2) is 31.7 Å². The van der Waals surface area contributed by atoms with Crippen LogP contribution in [0.2, 0.25) is 0 Å². The third kappa shape index (κ3) is 4.89. The summed E-state index contributed by atoms with van der Waals surface area (Å²) in [7, 11) is -3.24. The molecule has 0 aliphatic heterocycles. The monoisotopic (exact) mass is 272 g/mol. The van der Waals surface area contributed by atoms with E-state index in [9.17, 15) is 8.42 Å². The largest absolute Gasteiger partial charge is 0.396 e. The molecule has 0 saturated heterocycles. The molecule has 6 nitrogen and oxygen atoms in total. The number of rotatable bonds is 5. The third-order valence-corrected chi connectivity index (χ3v) is 3.14. The Balaban J connectivity index is 2.70. The first kappa shape index (κ1) is 14.7. The van der Waals surface area contributed by atoms with Crippen molar-refractivity contribution in [1.29, 1.82) is 0 Å². The molecule has 0 saturated carbocycles. The second-order valence-electron chi connectivity index (χ2n) is 5.06. The van der Waals surface area contributed by atoms with Crippen LogP contribution in [0.3, 0.4) is 0 Å². The van der Waals surface area contributed by atoms with Crippen LogP contribution < -0.4 is 15.8 Å². The number of nitrogens with zero attached hydrogens (tertiary/aromatic N) is 1. The lowest BCUT2D eigenvalue weighted by atomic mass is 10.1. The number of nitrogen functional groups attached to an aromatic ring is 1. The Morgan fingerprint density at radius 3 is 2.56 bits per heavy atom. The summed E-state index contributed by atoms with van der Waals surface area (Å²) in [4.78, 5) is 4.16. The number of nitrogens with two attached hydrogens (primary N) is 1. The molecule has 102 valence electrons. The number of nitrogens with one attached hydrogen (secondary N) is 2. The molecule has 0 atom stereocenters. The molecule has 1 heterocycles. The van der Waals surface area contributed by atoms with Crippen LogP contribution in [0.4, 0.5) is 11.5 Å². The van der Waals surface area contributed by atoms with Gasteiger partial charge in [0.2, 0.25) is 10.0 Å². The van der Waals surface area contributed by atoms with Gasteiger partial charge in [0.15, 0.2) is 0 Å². The highest BCUT2D eigenvalue weighted by atomic mass is 32.2. The van der Waals surface area contributed by atoms with Gasteiger partial charge >= 0.3 is 0 Å². The molecule has 0 aliphatic rings. The van der Waals surface area contributed by atoms with Crippen molar-refractivity contribution in [3.63, 3.8) is 0 Å². The second kappa shape index (κ2) is 5.11. The normalized spacial score (nSPS) is 12.4. The van der Waals surface area contributed by atoms with E-state index in [2.05, 4.69) is 15.0 Å². The van der Waals surface area contributed by atoms with E-state index in [-0.39, 0.29) is 0 Å². The van der Waals surface area contributed by atoms with E-state index in [1.165, 1.54) is 0 Å².